The van der Waals surface area contributed by atoms with Crippen LogP contribution in [-0.4, -0.2) is 25.9 Å². The van der Waals surface area contributed by atoms with E-state index in [0.717, 1.165) is 11.8 Å². The van der Waals surface area contributed by atoms with Gasteiger partial charge in [0.2, 0.25) is 0 Å². The molecule has 1 aromatic carbocycles. The van der Waals surface area contributed by atoms with Crippen molar-refractivity contribution >= 4 is 37.5 Å². The van der Waals surface area contributed by atoms with Gasteiger partial charge in [-0.15, -0.1) is 0 Å². The van der Waals surface area contributed by atoms with Gasteiger partial charge in [0, 0.05) is 22.8 Å². The second-order valence-corrected chi connectivity index (χ2v) is 7.92. The Morgan fingerprint density at radius 1 is 1.35 bits per heavy atom. The summed E-state index contributed by atoms with van der Waals surface area (Å²) in [5, 5.41) is 9.00. The number of nitrogens with one attached hydrogen (secondary N) is 2. The quantitative estimate of drug-likeness (QED) is 0.819. The minimum atomic E-state index is -3.47. The highest BCUT2D eigenvalue weighted by molar-refractivity contribution is 9.10. The van der Waals surface area contributed by atoms with Crippen LogP contribution in [0, 0.1) is 13.8 Å². The average Bonchev–Trinajstić information content (AvgIpc) is 2.77. The third-order valence-electron chi connectivity index (χ3n) is 3.20. The molecule has 0 atom stereocenters. The lowest BCUT2D eigenvalue weighted by atomic mass is 10.2. The summed E-state index contributed by atoms with van der Waals surface area (Å²) in [5.41, 5.74) is 1.70. The normalized spacial score (nSPS) is 11.3. The SMILES string of the molecule is Cc1noc(C)c1CNC(=O)Nc1ccc(Br)cc1S(C)(=O)=O. The molecule has 0 spiro atoms. The summed E-state index contributed by atoms with van der Waals surface area (Å²) in [6.07, 6.45) is 1.09. The van der Waals surface area contributed by atoms with Gasteiger partial charge >= 0.3 is 6.03 Å². The molecular weight excluding hydrogens is 386 g/mol. The number of hydrogen-bond acceptors (Lipinski definition) is 5. The first kappa shape index (κ1) is 17.5. The van der Waals surface area contributed by atoms with Crippen molar-refractivity contribution in [2.24, 2.45) is 0 Å². The van der Waals surface area contributed by atoms with E-state index in [9.17, 15) is 13.2 Å². The molecule has 7 nitrogen and oxygen atoms in total. The van der Waals surface area contributed by atoms with Gasteiger partial charge in [0.15, 0.2) is 9.84 Å². The van der Waals surface area contributed by atoms with Crippen molar-refractivity contribution in [1.82, 2.24) is 10.5 Å². The van der Waals surface area contributed by atoms with E-state index in [2.05, 4.69) is 31.7 Å². The van der Waals surface area contributed by atoms with Crippen molar-refractivity contribution < 1.29 is 17.7 Å². The van der Waals surface area contributed by atoms with Crippen molar-refractivity contribution in [1.29, 1.82) is 0 Å². The number of halogens is 1. The molecule has 0 bridgehead atoms. The molecule has 2 aromatic rings. The number of benzene rings is 1. The van der Waals surface area contributed by atoms with E-state index in [1.54, 1.807) is 19.9 Å². The maximum Gasteiger partial charge on any atom is 0.319 e. The van der Waals surface area contributed by atoms with E-state index >= 15 is 0 Å². The van der Waals surface area contributed by atoms with Crippen LogP contribution in [0.3, 0.4) is 0 Å². The first-order valence-electron chi connectivity index (χ1n) is 6.64. The molecule has 0 aliphatic heterocycles. The molecule has 0 aliphatic rings. The van der Waals surface area contributed by atoms with Crippen LogP contribution >= 0.6 is 15.9 Å². The van der Waals surface area contributed by atoms with Crippen LogP contribution in [-0.2, 0) is 16.4 Å². The second kappa shape index (κ2) is 6.71. The van der Waals surface area contributed by atoms with E-state index < -0.39 is 15.9 Å². The first-order valence-corrected chi connectivity index (χ1v) is 9.33. The van der Waals surface area contributed by atoms with Crippen LogP contribution in [0.1, 0.15) is 17.0 Å². The van der Waals surface area contributed by atoms with E-state index in [-0.39, 0.29) is 17.1 Å². The lowest BCUT2D eigenvalue weighted by Gasteiger charge is -2.11. The molecular formula is C14H16BrN3O4S. The van der Waals surface area contributed by atoms with Gasteiger partial charge in [-0.05, 0) is 32.0 Å². The smallest absolute Gasteiger partial charge is 0.319 e. The van der Waals surface area contributed by atoms with Gasteiger partial charge in [-0.2, -0.15) is 0 Å². The first-order chi connectivity index (χ1) is 10.7. The molecule has 0 saturated carbocycles. The predicted octanol–water partition coefficient (Wildman–Crippen LogP) is 2.78. The Bertz CT molecular complexity index is 826. The van der Waals surface area contributed by atoms with Gasteiger partial charge in [0.05, 0.1) is 16.3 Å². The minimum absolute atomic E-state index is 0.0411. The van der Waals surface area contributed by atoms with Crippen LogP contribution in [0.2, 0.25) is 0 Å². The van der Waals surface area contributed by atoms with Gasteiger partial charge in [0.25, 0.3) is 0 Å². The van der Waals surface area contributed by atoms with Crippen LogP contribution in [0.15, 0.2) is 32.1 Å². The van der Waals surface area contributed by atoms with Gasteiger partial charge in [-0.25, -0.2) is 13.2 Å². The fourth-order valence-electron chi connectivity index (χ4n) is 2.00. The maximum absolute atomic E-state index is 12.0. The van der Waals surface area contributed by atoms with Gasteiger partial charge in [-0.1, -0.05) is 21.1 Å². The molecule has 0 fully saturated rings. The van der Waals surface area contributed by atoms with E-state index in [1.807, 2.05) is 0 Å². The third-order valence-corrected chi connectivity index (χ3v) is 4.83. The zero-order valence-electron chi connectivity index (χ0n) is 12.8. The van der Waals surface area contributed by atoms with Crippen molar-refractivity contribution in [3.63, 3.8) is 0 Å². The molecule has 2 N–H and O–H groups in total. The largest absolute Gasteiger partial charge is 0.361 e. The Morgan fingerprint density at radius 3 is 2.61 bits per heavy atom. The zero-order chi connectivity index (χ0) is 17.2. The number of aromatic nitrogens is 1. The summed E-state index contributed by atoms with van der Waals surface area (Å²) in [4.78, 5) is 12.1. The number of nitrogens with zero attached hydrogens (tertiary/aromatic N) is 1. The van der Waals surface area contributed by atoms with E-state index in [4.69, 9.17) is 4.52 Å². The summed E-state index contributed by atoms with van der Waals surface area (Å²) in [6.45, 7) is 3.77. The van der Waals surface area contributed by atoms with E-state index in [0.29, 0.717) is 15.9 Å². The number of anilines is 1. The molecule has 0 radical (unpaired) electrons. The Hall–Kier alpha value is -1.87. The van der Waals surface area contributed by atoms with E-state index in [1.165, 1.54) is 12.1 Å². The molecule has 124 valence electrons. The standard InChI is InChI=1S/C14H16BrN3O4S/c1-8-11(9(2)22-18-8)7-16-14(19)17-12-5-4-10(15)6-13(12)23(3,20)21/h4-6H,7H2,1-3H3,(H2,16,17,19). The van der Waals surface area contributed by atoms with Crippen LogP contribution < -0.4 is 10.6 Å². The fraction of sp³-hybridized carbons (Fsp3) is 0.286. The van der Waals surface area contributed by atoms with Crippen molar-refractivity contribution in [3.8, 4) is 0 Å². The van der Waals surface area contributed by atoms with Crippen molar-refractivity contribution in [3.05, 3.63) is 39.7 Å². The molecule has 23 heavy (non-hydrogen) atoms. The summed E-state index contributed by atoms with van der Waals surface area (Å²) in [6, 6.07) is 4.10. The molecule has 0 aliphatic carbocycles. The van der Waals surface area contributed by atoms with Crippen LogP contribution in [0.25, 0.3) is 0 Å². The Labute approximate surface area is 142 Å². The number of urea groups is 1. The molecule has 2 amide bonds. The molecule has 9 heteroatoms. The number of carbonyl (C=O) groups excluding carboxylic acids is 1. The molecule has 1 aromatic heterocycles. The highest BCUT2D eigenvalue weighted by Crippen LogP contribution is 2.25. The minimum Gasteiger partial charge on any atom is -0.361 e. The highest BCUT2D eigenvalue weighted by Gasteiger charge is 2.16. The third kappa shape index (κ3) is 4.32. The number of aryl methyl sites for hydroxylation is 2. The number of carbonyl (C=O) groups is 1. The molecule has 1 heterocycles. The summed E-state index contributed by atoms with van der Waals surface area (Å²) < 4.78 is 29.2. The molecule has 0 saturated heterocycles. The highest BCUT2D eigenvalue weighted by atomic mass is 79.9. The lowest BCUT2D eigenvalue weighted by molar-refractivity contribution is 0.251. The summed E-state index contributed by atoms with van der Waals surface area (Å²) in [7, 11) is -3.47. The Morgan fingerprint density at radius 2 is 2.04 bits per heavy atom. The monoisotopic (exact) mass is 401 g/mol. The molecule has 2 rings (SSSR count). The Kier molecular flexibility index (Phi) is 5.10. The summed E-state index contributed by atoms with van der Waals surface area (Å²) >= 11 is 3.22. The van der Waals surface area contributed by atoms with Crippen LogP contribution in [0.4, 0.5) is 10.5 Å². The summed E-state index contributed by atoms with van der Waals surface area (Å²) in [5.74, 6) is 0.628. The van der Waals surface area contributed by atoms with Crippen molar-refractivity contribution in [2.45, 2.75) is 25.3 Å². The van der Waals surface area contributed by atoms with Gasteiger partial charge < -0.3 is 15.2 Å². The van der Waals surface area contributed by atoms with Crippen LogP contribution in [0.5, 0.6) is 0 Å². The van der Waals surface area contributed by atoms with Gasteiger partial charge in [0.1, 0.15) is 5.76 Å². The lowest BCUT2D eigenvalue weighted by Crippen LogP contribution is -2.29. The Balaban J connectivity index is 2.12. The second-order valence-electron chi connectivity index (χ2n) is 5.02. The van der Waals surface area contributed by atoms with Crippen molar-refractivity contribution in [2.75, 3.05) is 11.6 Å². The fourth-order valence-corrected chi connectivity index (χ4v) is 3.37. The maximum atomic E-state index is 12.0. The topological polar surface area (TPSA) is 101 Å². The number of amides is 2. The van der Waals surface area contributed by atoms with Gasteiger partial charge in [-0.3, -0.25) is 0 Å². The number of sulfone groups is 1. The number of rotatable bonds is 4. The average molecular weight is 402 g/mol. The zero-order valence-corrected chi connectivity index (χ0v) is 15.2. The molecule has 0 unspecified atom stereocenters. The number of hydrogen-bond donors (Lipinski definition) is 2. The predicted molar refractivity (Wildman–Crippen MR) is 89.1 cm³/mol.